The predicted molar refractivity (Wildman–Crippen MR) is 110 cm³/mol. The zero-order valence-electron chi connectivity index (χ0n) is 14.9. The van der Waals surface area contributed by atoms with Crippen molar-refractivity contribution in [2.45, 2.75) is 4.90 Å². The van der Waals surface area contributed by atoms with Crippen molar-refractivity contribution in [1.29, 1.82) is 0 Å². The number of benzene rings is 2. The van der Waals surface area contributed by atoms with Gasteiger partial charge in [-0.3, -0.25) is 4.98 Å². The third kappa shape index (κ3) is 3.69. The Bertz CT molecular complexity index is 1220. The van der Waals surface area contributed by atoms with Gasteiger partial charge in [0.1, 0.15) is 0 Å². The van der Waals surface area contributed by atoms with E-state index in [4.69, 9.17) is 16.7 Å². The third-order valence-corrected chi connectivity index (χ3v) is 5.72. The number of pyridine rings is 1. The summed E-state index contributed by atoms with van der Waals surface area (Å²) in [6, 6.07) is 20.0. The van der Waals surface area contributed by atoms with Crippen LogP contribution in [0.2, 0.25) is 5.02 Å². The Hall–Kier alpha value is -2.96. The molecule has 0 atom stereocenters. The molecule has 0 saturated heterocycles. The molecule has 7 heteroatoms. The molecule has 0 N–H and O–H groups in total. The highest BCUT2D eigenvalue weighted by Gasteiger charge is 2.14. The van der Waals surface area contributed by atoms with Crippen LogP contribution < -0.4 is 0 Å². The van der Waals surface area contributed by atoms with E-state index >= 15 is 0 Å². The average Bonchev–Trinajstić information content (AvgIpc) is 3.14. The summed E-state index contributed by atoms with van der Waals surface area (Å²) in [4.78, 5) is 4.35. The number of nitrogens with zero attached hydrogens (tertiary/aromatic N) is 3. The van der Waals surface area contributed by atoms with E-state index in [0.717, 1.165) is 28.2 Å². The molecule has 0 aliphatic carbocycles. The van der Waals surface area contributed by atoms with Gasteiger partial charge in [0, 0.05) is 34.8 Å². The maximum absolute atomic E-state index is 11.7. The first kappa shape index (κ1) is 18.4. The van der Waals surface area contributed by atoms with E-state index in [2.05, 4.69) is 4.98 Å². The first-order chi connectivity index (χ1) is 13.4. The predicted octanol–water partition coefficient (Wildman–Crippen LogP) is 4.66. The number of sulfone groups is 1. The molecule has 0 bridgehead atoms. The zero-order chi connectivity index (χ0) is 19.7. The molecule has 0 unspecified atom stereocenters. The van der Waals surface area contributed by atoms with Crippen molar-refractivity contribution in [3.8, 4) is 28.2 Å². The largest absolute Gasteiger partial charge is 0.265 e. The minimum atomic E-state index is -3.26. The first-order valence-corrected chi connectivity index (χ1v) is 10.8. The molecule has 0 aliphatic rings. The van der Waals surface area contributed by atoms with Crippen LogP contribution in [-0.4, -0.2) is 29.4 Å². The maximum Gasteiger partial charge on any atom is 0.175 e. The molecule has 0 saturated carbocycles. The van der Waals surface area contributed by atoms with Crippen LogP contribution in [0.5, 0.6) is 0 Å². The molecule has 4 aromatic rings. The van der Waals surface area contributed by atoms with Gasteiger partial charge < -0.3 is 0 Å². The van der Waals surface area contributed by atoms with Crippen molar-refractivity contribution >= 4 is 21.4 Å². The Morgan fingerprint density at radius 1 is 0.857 bits per heavy atom. The van der Waals surface area contributed by atoms with Crippen molar-refractivity contribution in [3.63, 3.8) is 0 Å². The number of hydrogen-bond acceptors (Lipinski definition) is 4. The minimum Gasteiger partial charge on any atom is -0.265 e. The van der Waals surface area contributed by atoms with Gasteiger partial charge in [-0.15, -0.1) is 0 Å². The van der Waals surface area contributed by atoms with E-state index in [1.165, 1.54) is 6.26 Å². The van der Waals surface area contributed by atoms with Gasteiger partial charge in [-0.2, -0.15) is 5.10 Å². The Balaban J connectivity index is 1.86. The summed E-state index contributed by atoms with van der Waals surface area (Å²) >= 11 is 6.00. The quantitative estimate of drug-likeness (QED) is 0.491. The van der Waals surface area contributed by atoms with Crippen molar-refractivity contribution in [3.05, 3.63) is 84.1 Å². The Kier molecular flexibility index (Phi) is 4.75. The van der Waals surface area contributed by atoms with Gasteiger partial charge in [-0.05, 0) is 54.6 Å². The van der Waals surface area contributed by atoms with E-state index in [1.807, 2.05) is 42.5 Å². The van der Waals surface area contributed by atoms with E-state index < -0.39 is 9.84 Å². The lowest BCUT2D eigenvalue weighted by Crippen LogP contribution is -2.01. The molecule has 0 radical (unpaired) electrons. The third-order valence-electron chi connectivity index (χ3n) is 4.33. The molecule has 0 amide bonds. The van der Waals surface area contributed by atoms with Gasteiger partial charge in [0.2, 0.25) is 0 Å². The van der Waals surface area contributed by atoms with E-state index in [1.54, 1.807) is 41.3 Å². The summed E-state index contributed by atoms with van der Waals surface area (Å²) in [7, 11) is -3.26. The van der Waals surface area contributed by atoms with Crippen LogP contribution in [0, 0.1) is 0 Å². The zero-order valence-corrected chi connectivity index (χ0v) is 16.5. The fraction of sp³-hybridized carbons (Fsp3) is 0.0476. The number of hydrogen-bond donors (Lipinski definition) is 0. The SMILES string of the molecule is CS(=O)(=O)c1ccc(-n2nc(-c3ccc(Cl)cc3)cc2-c2ccncc2)cc1. The van der Waals surface area contributed by atoms with Gasteiger partial charge in [-0.1, -0.05) is 23.7 Å². The van der Waals surface area contributed by atoms with E-state index in [0.29, 0.717) is 5.02 Å². The first-order valence-electron chi connectivity index (χ1n) is 8.49. The van der Waals surface area contributed by atoms with Gasteiger partial charge >= 0.3 is 0 Å². The van der Waals surface area contributed by atoms with Gasteiger partial charge in [-0.25, -0.2) is 13.1 Å². The van der Waals surface area contributed by atoms with Crippen LogP contribution in [0.15, 0.2) is 84.0 Å². The highest BCUT2D eigenvalue weighted by molar-refractivity contribution is 7.90. The highest BCUT2D eigenvalue weighted by Crippen LogP contribution is 2.29. The smallest absolute Gasteiger partial charge is 0.175 e. The molecular weight excluding hydrogens is 394 g/mol. The highest BCUT2D eigenvalue weighted by atomic mass is 35.5. The van der Waals surface area contributed by atoms with Crippen molar-refractivity contribution in [2.24, 2.45) is 0 Å². The molecule has 2 aromatic heterocycles. The Morgan fingerprint density at radius 3 is 2.11 bits per heavy atom. The lowest BCUT2D eigenvalue weighted by Gasteiger charge is -2.08. The van der Waals surface area contributed by atoms with Crippen LogP contribution in [0.4, 0.5) is 0 Å². The molecule has 0 fully saturated rings. The molecule has 5 nitrogen and oxygen atoms in total. The second-order valence-electron chi connectivity index (χ2n) is 6.34. The fourth-order valence-electron chi connectivity index (χ4n) is 2.90. The monoisotopic (exact) mass is 409 g/mol. The van der Waals surface area contributed by atoms with Crippen LogP contribution >= 0.6 is 11.6 Å². The fourth-order valence-corrected chi connectivity index (χ4v) is 3.66. The van der Waals surface area contributed by atoms with Crippen molar-refractivity contribution in [2.75, 3.05) is 6.26 Å². The van der Waals surface area contributed by atoms with Crippen LogP contribution in [-0.2, 0) is 9.84 Å². The Labute approximate surface area is 168 Å². The lowest BCUT2D eigenvalue weighted by atomic mass is 10.1. The van der Waals surface area contributed by atoms with Crippen LogP contribution in [0.1, 0.15) is 0 Å². The second-order valence-corrected chi connectivity index (χ2v) is 8.79. The summed E-state index contributed by atoms with van der Waals surface area (Å²) in [5.41, 5.74) is 4.32. The molecule has 2 aromatic carbocycles. The number of aromatic nitrogens is 3. The van der Waals surface area contributed by atoms with Gasteiger partial charge in [0.05, 0.1) is 22.0 Å². The number of halogens is 1. The average molecular weight is 410 g/mol. The standard InChI is InChI=1S/C21H16ClN3O2S/c1-28(26,27)19-8-6-18(7-9-19)25-21(16-10-12-23-13-11-16)14-20(24-25)15-2-4-17(22)5-3-15/h2-14H,1H3. The van der Waals surface area contributed by atoms with Crippen LogP contribution in [0.25, 0.3) is 28.2 Å². The number of rotatable bonds is 4. The summed E-state index contributed by atoms with van der Waals surface area (Å²) in [6.07, 6.45) is 4.64. The molecule has 0 aliphatic heterocycles. The Morgan fingerprint density at radius 2 is 1.50 bits per heavy atom. The molecule has 140 valence electrons. The second kappa shape index (κ2) is 7.22. The van der Waals surface area contributed by atoms with E-state index in [9.17, 15) is 8.42 Å². The molecule has 0 spiro atoms. The topological polar surface area (TPSA) is 64.8 Å². The summed E-state index contributed by atoms with van der Waals surface area (Å²) in [5.74, 6) is 0. The normalized spacial score (nSPS) is 11.5. The van der Waals surface area contributed by atoms with Gasteiger partial charge in [0.25, 0.3) is 0 Å². The minimum absolute atomic E-state index is 0.270. The molecular formula is C21H16ClN3O2S. The summed E-state index contributed by atoms with van der Waals surface area (Å²) in [5, 5.41) is 5.41. The van der Waals surface area contributed by atoms with Crippen molar-refractivity contribution < 1.29 is 8.42 Å². The van der Waals surface area contributed by atoms with Crippen LogP contribution in [0.3, 0.4) is 0 Å². The molecule has 28 heavy (non-hydrogen) atoms. The molecule has 2 heterocycles. The van der Waals surface area contributed by atoms with Crippen molar-refractivity contribution in [1.82, 2.24) is 14.8 Å². The van der Waals surface area contributed by atoms with E-state index in [-0.39, 0.29) is 4.90 Å². The van der Waals surface area contributed by atoms with Gasteiger partial charge in [0.15, 0.2) is 9.84 Å². The summed E-state index contributed by atoms with van der Waals surface area (Å²) < 4.78 is 25.3. The molecule has 4 rings (SSSR count). The lowest BCUT2D eigenvalue weighted by molar-refractivity contribution is 0.602. The maximum atomic E-state index is 11.7. The summed E-state index contributed by atoms with van der Waals surface area (Å²) in [6.45, 7) is 0.